The van der Waals surface area contributed by atoms with Crippen LogP contribution in [0.2, 0.25) is 0 Å². The average molecular weight is 416 g/mol. The molecule has 0 aliphatic carbocycles. The third-order valence-electron chi connectivity index (χ3n) is 3.77. The van der Waals surface area contributed by atoms with Crippen LogP contribution in [-0.4, -0.2) is 33.0 Å². The van der Waals surface area contributed by atoms with E-state index in [1.807, 2.05) is 34.9 Å². The Kier molecular flexibility index (Phi) is 6.96. The molecule has 0 saturated carbocycles. The Hall–Kier alpha value is -3.20. The van der Waals surface area contributed by atoms with Crippen LogP contribution >= 0.6 is 11.8 Å². The molecule has 29 heavy (non-hydrogen) atoms. The Morgan fingerprint density at radius 3 is 2.62 bits per heavy atom. The predicted molar refractivity (Wildman–Crippen MR) is 108 cm³/mol. The van der Waals surface area contributed by atoms with E-state index in [9.17, 15) is 13.6 Å². The molecule has 1 heterocycles. The van der Waals surface area contributed by atoms with E-state index in [0.717, 1.165) is 5.56 Å². The van der Waals surface area contributed by atoms with Gasteiger partial charge in [0.05, 0.1) is 11.4 Å². The molecule has 0 saturated heterocycles. The number of rotatable bonds is 9. The lowest BCUT2D eigenvalue weighted by Gasteiger charge is -2.11. The molecular weight excluding hydrogens is 398 g/mol. The summed E-state index contributed by atoms with van der Waals surface area (Å²) in [4.78, 5) is 12.3. The van der Waals surface area contributed by atoms with Gasteiger partial charge in [0.2, 0.25) is 5.91 Å². The number of benzene rings is 2. The number of allylic oxidation sites excluding steroid dienone is 1. The molecule has 0 aliphatic heterocycles. The Labute approximate surface area is 170 Å². The molecule has 0 radical (unpaired) electrons. The maximum absolute atomic E-state index is 12.5. The van der Waals surface area contributed by atoms with Gasteiger partial charge in [-0.1, -0.05) is 60.3 Å². The van der Waals surface area contributed by atoms with Crippen LogP contribution in [0.5, 0.6) is 5.75 Å². The number of thioether (sulfide) groups is 1. The highest BCUT2D eigenvalue weighted by atomic mass is 32.2. The number of hydrogen-bond acceptors (Lipinski definition) is 5. The van der Waals surface area contributed by atoms with Crippen LogP contribution in [0.4, 0.5) is 14.5 Å². The van der Waals surface area contributed by atoms with Gasteiger partial charge >= 0.3 is 6.61 Å². The van der Waals surface area contributed by atoms with Crippen LogP contribution in [-0.2, 0) is 11.3 Å². The van der Waals surface area contributed by atoms with Crippen LogP contribution < -0.4 is 10.1 Å². The highest BCUT2D eigenvalue weighted by molar-refractivity contribution is 7.99. The Balaban J connectivity index is 1.70. The number of carbonyl (C=O) groups excluding carboxylic acids is 1. The van der Waals surface area contributed by atoms with Crippen molar-refractivity contribution in [2.24, 2.45) is 0 Å². The Morgan fingerprint density at radius 2 is 1.90 bits per heavy atom. The molecular formula is C20H18F2N4O2S. The minimum Gasteiger partial charge on any atom is -0.433 e. The summed E-state index contributed by atoms with van der Waals surface area (Å²) in [6, 6.07) is 15.6. The van der Waals surface area contributed by atoms with E-state index in [4.69, 9.17) is 0 Å². The van der Waals surface area contributed by atoms with Crippen molar-refractivity contribution in [2.75, 3.05) is 11.1 Å². The van der Waals surface area contributed by atoms with Crippen molar-refractivity contribution in [2.45, 2.75) is 18.3 Å². The minimum atomic E-state index is -2.98. The number of aromatic nitrogens is 3. The Bertz CT molecular complexity index is 980. The van der Waals surface area contributed by atoms with Crippen molar-refractivity contribution < 1.29 is 18.3 Å². The minimum absolute atomic E-state index is 0.0209. The number of hydrogen-bond donors (Lipinski definition) is 1. The average Bonchev–Trinajstić information content (AvgIpc) is 3.11. The molecule has 0 fully saturated rings. The van der Waals surface area contributed by atoms with Gasteiger partial charge in [-0.25, -0.2) is 0 Å². The van der Waals surface area contributed by atoms with Crippen LogP contribution in [0.3, 0.4) is 0 Å². The van der Waals surface area contributed by atoms with Crippen LogP contribution in [0.15, 0.2) is 72.4 Å². The largest absolute Gasteiger partial charge is 0.433 e. The number of para-hydroxylation sites is 2. The molecule has 0 unspecified atom stereocenters. The number of halogens is 2. The van der Waals surface area contributed by atoms with Gasteiger partial charge in [-0.2, -0.15) is 8.78 Å². The van der Waals surface area contributed by atoms with Gasteiger partial charge in [-0.3, -0.25) is 9.36 Å². The fourth-order valence-corrected chi connectivity index (χ4v) is 3.32. The number of ether oxygens (including phenoxy) is 1. The number of amides is 1. The van der Waals surface area contributed by atoms with Crippen molar-refractivity contribution in [3.8, 4) is 17.1 Å². The quantitative estimate of drug-likeness (QED) is 0.412. The van der Waals surface area contributed by atoms with E-state index < -0.39 is 6.61 Å². The zero-order chi connectivity index (χ0) is 20.6. The van der Waals surface area contributed by atoms with E-state index in [-0.39, 0.29) is 23.1 Å². The number of nitrogens with zero attached hydrogens (tertiary/aromatic N) is 3. The molecule has 0 atom stereocenters. The molecule has 1 N–H and O–H groups in total. The van der Waals surface area contributed by atoms with Crippen molar-refractivity contribution >= 4 is 23.4 Å². The van der Waals surface area contributed by atoms with Gasteiger partial charge in [0.15, 0.2) is 11.0 Å². The van der Waals surface area contributed by atoms with E-state index >= 15 is 0 Å². The van der Waals surface area contributed by atoms with E-state index in [1.54, 1.807) is 18.2 Å². The monoisotopic (exact) mass is 416 g/mol. The summed E-state index contributed by atoms with van der Waals surface area (Å²) in [5, 5.41) is 11.5. The smallest absolute Gasteiger partial charge is 0.387 e. The van der Waals surface area contributed by atoms with Gasteiger partial charge in [-0.05, 0) is 12.1 Å². The molecule has 3 rings (SSSR count). The zero-order valence-corrected chi connectivity index (χ0v) is 16.1. The first-order valence-electron chi connectivity index (χ1n) is 8.64. The first-order chi connectivity index (χ1) is 14.1. The summed E-state index contributed by atoms with van der Waals surface area (Å²) in [7, 11) is 0. The first-order valence-corrected chi connectivity index (χ1v) is 9.63. The van der Waals surface area contributed by atoms with E-state index in [1.165, 1.54) is 23.9 Å². The molecule has 0 spiro atoms. The number of nitrogens with one attached hydrogen (secondary N) is 1. The van der Waals surface area contributed by atoms with E-state index in [2.05, 4.69) is 26.8 Å². The topological polar surface area (TPSA) is 69.0 Å². The highest BCUT2D eigenvalue weighted by Gasteiger charge is 2.16. The van der Waals surface area contributed by atoms with Gasteiger partial charge in [0, 0.05) is 12.1 Å². The van der Waals surface area contributed by atoms with Gasteiger partial charge in [-0.15, -0.1) is 16.8 Å². The summed E-state index contributed by atoms with van der Waals surface area (Å²) in [6.07, 6.45) is 1.72. The lowest BCUT2D eigenvalue weighted by atomic mass is 10.2. The molecule has 9 heteroatoms. The maximum Gasteiger partial charge on any atom is 0.387 e. The normalized spacial score (nSPS) is 10.7. The maximum atomic E-state index is 12.5. The first kappa shape index (κ1) is 20.5. The predicted octanol–water partition coefficient (Wildman–Crippen LogP) is 4.46. The SMILES string of the molecule is C=CCn1c(SCC(=O)Nc2ccccc2OC(F)F)nnc1-c1ccccc1. The molecule has 2 aromatic carbocycles. The fraction of sp³-hybridized carbons (Fsp3) is 0.150. The zero-order valence-electron chi connectivity index (χ0n) is 15.3. The fourth-order valence-electron chi connectivity index (χ4n) is 2.57. The molecule has 1 aromatic heterocycles. The van der Waals surface area contributed by atoms with Gasteiger partial charge in [0.25, 0.3) is 0 Å². The van der Waals surface area contributed by atoms with Gasteiger partial charge in [0.1, 0.15) is 5.75 Å². The number of anilines is 1. The molecule has 0 aliphatic rings. The van der Waals surface area contributed by atoms with Crippen LogP contribution in [0.1, 0.15) is 0 Å². The summed E-state index contributed by atoms with van der Waals surface area (Å²) < 4.78 is 31.3. The number of carbonyl (C=O) groups is 1. The lowest BCUT2D eigenvalue weighted by molar-refractivity contribution is -0.113. The summed E-state index contributed by atoms with van der Waals surface area (Å²) >= 11 is 1.19. The second-order valence-corrected chi connectivity index (χ2v) is 6.73. The van der Waals surface area contributed by atoms with Crippen molar-refractivity contribution in [3.05, 3.63) is 67.3 Å². The van der Waals surface area contributed by atoms with E-state index in [0.29, 0.717) is 17.5 Å². The highest BCUT2D eigenvalue weighted by Crippen LogP contribution is 2.27. The number of alkyl halides is 2. The second-order valence-electron chi connectivity index (χ2n) is 5.78. The molecule has 1 amide bonds. The summed E-state index contributed by atoms with van der Waals surface area (Å²) in [5.41, 5.74) is 1.08. The molecule has 6 nitrogen and oxygen atoms in total. The standard InChI is InChI=1S/C20H18F2N4O2S/c1-2-12-26-18(14-8-4-3-5-9-14)24-25-20(26)29-13-17(27)23-15-10-6-7-11-16(15)28-19(21)22/h2-11,19H,1,12-13H2,(H,23,27). The molecule has 150 valence electrons. The van der Waals surface area contributed by atoms with Crippen molar-refractivity contribution in [3.63, 3.8) is 0 Å². The summed E-state index contributed by atoms with van der Waals surface area (Å²) in [5.74, 6) is 0.216. The lowest BCUT2D eigenvalue weighted by Crippen LogP contribution is -2.16. The third kappa shape index (κ3) is 5.41. The molecule has 3 aromatic rings. The van der Waals surface area contributed by atoms with Crippen LogP contribution in [0, 0.1) is 0 Å². The van der Waals surface area contributed by atoms with Crippen molar-refractivity contribution in [1.29, 1.82) is 0 Å². The van der Waals surface area contributed by atoms with Crippen LogP contribution in [0.25, 0.3) is 11.4 Å². The summed E-state index contributed by atoms with van der Waals surface area (Å²) in [6.45, 7) is 1.26. The Morgan fingerprint density at radius 1 is 1.17 bits per heavy atom. The molecule has 0 bridgehead atoms. The second kappa shape index (κ2) is 9.83. The van der Waals surface area contributed by atoms with Crippen molar-refractivity contribution in [1.82, 2.24) is 14.8 Å². The third-order valence-corrected chi connectivity index (χ3v) is 4.74. The van der Waals surface area contributed by atoms with Gasteiger partial charge < -0.3 is 10.1 Å².